The van der Waals surface area contributed by atoms with Gasteiger partial charge in [-0.1, -0.05) is 91.0 Å². The van der Waals surface area contributed by atoms with Crippen LogP contribution >= 0.6 is 11.3 Å². The lowest BCUT2D eigenvalue weighted by Gasteiger charge is -2.26. The van der Waals surface area contributed by atoms with Crippen molar-refractivity contribution in [2.45, 2.75) is 0 Å². The Kier molecular flexibility index (Phi) is 4.80. The Morgan fingerprint density at radius 3 is 2.05 bits per heavy atom. The Morgan fingerprint density at radius 2 is 1.15 bits per heavy atom. The zero-order valence-corrected chi connectivity index (χ0v) is 22.9. The van der Waals surface area contributed by atoms with E-state index in [0.717, 1.165) is 39.0 Å². The van der Waals surface area contributed by atoms with Crippen LogP contribution in [0.2, 0.25) is 0 Å². The van der Waals surface area contributed by atoms with Gasteiger partial charge in [0, 0.05) is 42.3 Å². The minimum atomic E-state index is 0.896. The van der Waals surface area contributed by atoms with Crippen LogP contribution in [0.3, 0.4) is 0 Å². The van der Waals surface area contributed by atoms with Gasteiger partial charge in [0.05, 0.1) is 5.69 Å². The summed E-state index contributed by atoms with van der Waals surface area (Å²) >= 11 is 1.82. The molecule has 0 atom stereocenters. The van der Waals surface area contributed by atoms with Gasteiger partial charge in [-0.3, -0.25) is 0 Å². The van der Waals surface area contributed by atoms with Gasteiger partial charge in [0.2, 0.25) is 0 Å². The van der Waals surface area contributed by atoms with E-state index in [0.29, 0.717) is 0 Å². The standard InChI is InChI=1S/C38H23NOS/c1-2-10-26(11-3-1)39(27-20-19-25-18-17-24-9-4-5-12-28(24)32(25)23-27)33-15-8-14-29-30-21-22-35-36(38(30)40-37(29)33)31-13-6-7-16-34(31)41-35/h1-23H. The molecule has 41 heavy (non-hydrogen) atoms. The molecule has 0 bridgehead atoms. The minimum absolute atomic E-state index is 0.896. The van der Waals surface area contributed by atoms with E-state index in [1.165, 1.54) is 41.7 Å². The summed E-state index contributed by atoms with van der Waals surface area (Å²) in [5, 5.41) is 9.70. The molecule has 0 unspecified atom stereocenters. The number of para-hydroxylation sites is 2. The lowest BCUT2D eigenvalue weighted by molar-refractivity contribution is 0.673. The van der Waals surface area contributed by atoms with Crippen molar-refractivity contribution < 1.29 is 4.42 Å². The number of hydrogen-bond acceptors (Lipinski definition) is 3. The SMILES string of the molecule is c1ccc(N(c2ccc3ccc4ccccc4c3c2)c2cccc3c2oc2c3ccc3sc4ccccc4c32)cc1. The van der Waals surface area contributed by atoms with E-state index in [-0.39, 0.29) is 0 Å². The Balaban J connectivity index is 1.35. The van der Waals surface area contributed by atoms with Crippen LogP contribution in [0.4, 0.5) is 17.1 Å². The second-order valence-corrected chi connectivity index (χ2v) is 11.6. The summed E-state index contributed by atoms with van der Waals surface area (Å²) in [6.07, 6.45) is 0. The van der Waals surface area contributed by atoms with Gasteiger partial charge in [0.25, 0.3) is 0 Å². The highest BCUT2D eigenvalue weighted by Crippen LogP contribution is 2.46. The van der Waals surface area contributed by atoms with Gasteiger partial charge >= 0.3 is 0 Å². The van der Waals surface area contributed by atoms with Crippen LogP contribution < -0.4 is 4.90 Å². The normalized spacial score (nSPS) is 11.9. The maximum atomic E-state index is 6.91. The van der Waals surface area contributed by atoms with Crippen LogP contribution in [-0.4, -0.2) is 0 Å². The van der Waals surface area contributed by atoms with E-state index in [4.69, 9.17) is 4.42 Å². The molecule has 0 spiro atoms. The van der Waals surface area contributed by atoms with Gasteiger partial charge in [-0.05, 0) is 70.1 Å². The fourth-order valence-corrected chi connectivity index (χ4v) is 7.46. The summed E-state index contributed by atoms with van der Waals surface area (Å²) in [5.74, 6) is 0. The first kappa shape index (κ1) is 22.7. The second kappa shape index (κ2) is 8.69. The van der Waals surface area contributed by atoms with Gasteiger partial charge in [0.15, 0.2) is 5.58 Å². The number of nitrogens with zero attached hydrogens (tertiary/aromatic N) is 1. The predicted molar refractivity (Wildman–Crippen MR) is 176 cm³/mol. The van der Waals surface area contributed by atoms with Crippen molar-refractivity contribution in [1.29, 1.82) is 0 Å². The third-order valence-corrected chi connectivity index (χ3v) is 9.36. The van der Waals surface area contributed by atoms with Crippen molar-refractivity contribution in [2.24, 2.45) is 0 Å². The second-order valence-electron chi connectivity index (χ2n) is 10.5. The fraction of sp³-hybridized carbons (Fsp3) is 0. The zero-order chi connectivity index (χ0) is 26.9. The average molecular weight is 542 g/mol. The first-order valence-electron chi connectivity index (χ1n) is 13.9. The van der Waals surface area contributed by atoms with Crippen molar-refractivity contribution in [3.8, 4) is 0 Å². The van der Waals surface area contributed by atoms with Crippen molar-refractivity contribution in [3.05, 3.63) is 140 Å². The minimum Gasteiger partial charge on any atom is -0.453 e. The van der Waals surface area contributed by atoms with E-state index in [1.807, 2.05) is 11.3 Å². The first-order chi connectivity index (χ1) is 20.3. The Bertz CT molecular complexity index is 2430. The molecule has 2 aromatic heterocycles. The molecule has 0 aliphatic rings. The number of benzene rings is 7. The van der Waals surface area contributed by atoms with Crippen LogP contribution in [0.25, 0.3) is 63.7 Å². The first-order valence-corrected chi connectivity index (χ1v) is 14.7. The van der Waals surface area contributed by atoms with Crippen LogP contribution in [0.5, 0.6) is 0 Å². The monoisotopic (exact) mass is 541 g/mol. The number of fused-ring (bicyclic) bond motifs is 10. The van der Waals surface area contributed by atoms with E-state index in [9.17, 15) is 0 Å². The zero-order valence-electron chi connectivity index (χ0n) is 22.0. The van der Waals surface area contributed by atoms with Gasteiger partial charge in [-0.15, -0.1) is 11.3 Å². The molecular formula is C38H23NOS. The maximum absolute atomic E-state index is 6.91. The van der Waals surface area contributed by atoms with Crippen molar-refractivity contribution >= 4 is 92.1 Å². The predicted octanol–water partition coefficient (Wildman–Crippen LogP) is 11.7. The van der Waals surface area contributed by atoms with E-state index >= 15 is 0 Å². The maximum Gasteiger partial charge on any atom is 0.159 e. The van der Waals surface area contributed by atoms with Crippen molar-refractivity contribution in [3.63, 3.8) is 0 Å². The summed E-state index contributed by atoms with van der Waals surface area (Å²) < 4.78 is 9.44. The van der Waals surface area contributed by atoms with Gasteiger partial charge < -0.3 is 9.32 Å². The summed E-state index contributed by atoms with van der Waals surface area (Å²) in [6, 6.07) is 50.0. The molecule has 2 nitrogen and oxygen atoms in total. The fourth-order valence-electron chi connectivity index (χ4n) is 6.36. The lowest BCUT2D eigenvalue weighted by Crippen LogP contribution is -2.10. The van der Waals surface area contributed by atoms with Crippen LogP contribution in [0.1, 0.15) is 0 Å². The topological polar surface area (TPSA) is 16.4 Å². The molecule has 0 N–H and O–H groups in total. The highest BCUT2D eigenvalue weighted by molar-refractivity contribution is 7.26. The number of thiophene rings is 1. The van der Waals surface area contributed by atoms with E-state index in [2.05, 4.69) is 144 Å². The van der Waals surface area contributed by atoms with Crippen LogP contribution in [-0.2, 0) is 0 Å². The molecule has 0 aliphatic carbocycles. The molecule has 192 valence electrons. The summed E-state index contributed by atoms with van der Waals surface area (Å²) in [6.45, 7) is 0. The molecule has 3 heteroatoms. The molecule has 0 fully saturated rings. The number of hydrogen-bond donors (Lipinski definition) is 0. The quantitative estimate of drug-likeness (QED) is 0.207. The molecule has 0 saturated heterocycles. The third-order valence-electron chi connectivity index (χ3n) is 8.23. The average Bonchev–Trinajstić information content (AvgIpc) is 3.60. The summed E-state index contributed by atoms with van der Waals surface area (Å²) in [4.78, 5) is 2.33. The molecule has 0 aliphatic heterocycles. The van der Waals surface area contributed by atoms with Crippen LogP contribution in [0.15, 0.2) is 144 Å². The van der Waals surface area contributed by atoms with Crippen molar-refractivity contribution in [1.82, 2.24) is 0 Å². The highest BCUT2D eigenvalue weighted by Gasteiger charge is 2.21. The molecule has 9 aromatic rings. The molecule has 2 heterocycles. The van der Waals surface area contributed by atoms with Gasteiger partial charge in [-0.25, -0.2) is 0 Å². The molecule has 0 radical (unpaired) electrons. The molecule has 0 saturated carbocycles. The van der Waals surface area contributed by atoms with Gasteiger partial charge in [0.1, 0.15) is 5.58 Å². The van der Waals surface area contributed by atoms with Crippen LogP contribution in [0, 0.1) is 0 Å². The van der Waals surface area contributed by atoms with E-state index in [1.54, 1.807) is 0 Å². The highest BCUT2D eigenvalue weighted by atomic mass is 32.1. The van der Waals surface area contributed by atoms with Gasteiger partial charge in [-0.2, -0.15) is 0 Å². The largest absolute Gasteiger partial charge is 0.453 e. The number of furan rings is 1. The number of anilines is 3. The Hall–Kier alpha value is -5.12. The van der Waals surface area contributed by atoms with Crippen molar-refractivity contribution in [2.75, 3.05) is 4.90 Å². The van der Waals surface area contributed by atoms with E-state index < -0.39 is 0 Å². The number of rotatable bonds is 3. The molecule has 7 aromatic carbocycles. The summed E-state index contributed by atoms with van der Waals surface area (Å²) in [7, 11) is 0. The molecule has 0 amide bonds. The summed E-state index contributed by atoms with van der Waals surface area (Å²) in [5.41, 5.74) is 5.06. The third kappa shape index (κ3) is 3.36. The molecular weight excluding hydrogens is 518 g/mol. The molecule has 9 rings (SSSR count). The Morgan fingerprint density at radius 1 is 0.439 bits per heavy atom. The lowest BCUT2D eigenvalue weighted by atomic mass is 10.0. The Labute approximate surface area is 240 Å². The smallest absolute Gasteiger partial charge is 0.159 e.